The first kappa shape index (κ1) is 19.6. The number of hydrogen-bond donors (Lipinski definition) is 1. The molecule has 0 bridgehead atoms. The van der Waals surface area contributed by atoms with Gasteiger partial charge < -0.3 is 15.1 Å². The van der Waals surface area contributed by atoms with Gasteiger partial charge >= 0.3 is 0 Å². The second-order valence-electron chi connectivity index (χ2n) is 8.49. The van der Waals surface area contributed by atoms with E-state index in [-0.39, 0.29) is 17.7 Å². The van der Waals surface area contributed by atoms with Gasteiger partial charge in [-0.15, -0.1) is 0 Å². The maximum absolute atomic E-state index is 12.7. The molecule has 0 unspecified atom stereocenters. The van der Waals surface area contributed by atoms with Gasteiger partial charge in [-0.3, -0.25) is 9.59 Å². The Morgan fingerprint density at radius 2 is 1.83 bits per heavy atom. The van der Waals surface area contributed by atoms with Crippen molar-refractivity contribution in [2.75, 3.05) is 20.6 Å². The van der Waals surface area contributed by atoms with Gasteiger partial charge in [0.15, 0.2) is 0 Å². The minimum Gasteiger partial charge on any atom is -0.352 e. The second-order valence-corrected chi connectivity index (χ2v) is 8.49. The molecule has 1 aliphatic carbocycles. The van der Waals surface area contributed by atoms with Gasteiger partial charge in [0.2, 0.25) is 11.8 Å². The van der Waals surface area contributed by atoms with E-state index in [1.54, 1.807) is 0 Å². The van der Waals surface area contributed by atoms with Crippen molar-refractivity contribution in [2.45, 2.75) is 38.4 Å². The lowest BCUT2D eigenvalue weighted by Crippen LogP contribution is -2.33. The summed E-state index contributed by atoms with van der Waals surface area (Å²) < 4.78 is 0. The van der Waals surface area contributed by atoms with Crippen LogP contribution in [0.1, 0.15) is 30.4 Å². The van der Waals surface area contributed by atoms with Gasteiger partial charge in [0.1, 0.15) is 0 Å². The quantitative estimate of drug-likeness (QED) is 0.789. The molecular formula is C24H29N3O2. The minimum atomic E-state index is -0.222. The van der Waals surface area contributed by atoms with Crippen molar-refractivity contribution in [3.63, 3.8) is 0 Å². The van der Waals surface area contributed by atoms with Crippen molar-refractivity contribution >= 4 is 11.8 Å². The second kappa shape index (κ2) is 8.37. The van der Waals surface area contributed by atoms with Gasteiger partial charge in [0.25, 0.3) is 0 Å². The molecule has 2 aromatic carbocycles. The van der Waals surface area contributed by atoms with Crippen molar-refractivity contribution in [1.82, 2.24) is 15.1 Å². The number of amides is 2. The highest BCUT2D eigenvalue weighted by Gasteiger charge is 2.41. The van der Waals surface area contributed by atoms with Gasteiger partial charge in [-0.2, -0.15) is 0 Å². The maximum Gasteiger partial charge on any atom is 0.225 e. The SMILES string of the molecule is CN(C)Cc1ccc(-c2ccccc2CNC(=O)[C@@H]2CC(=O)N(C3CC3)C2)cc1. The first-order chi connectivity index (χ1) is 14.0. The van der Waals surface area contributed by atoms with Crippen LogP contribution in [-0.4, -0.2) is 48.3 Å². The molecule has 5 nitrogen and oxygen atoms in total. The van der Waals surface area contributed by atoms with Crippen LogP contribution in [0.2, 0.25) is 0 Å². The van der Waals surface area contributed by atoms with E-state index in [0.29, 0.717) is 25.6 Å². The molecular weight excluding hydrogens is 362 g/mol. The third-order valence-electron chi connectivity index (χ3n) is 5.75. The largest absolute Gasteiger partial charge is 0.352 e. The average molecular weight is 392 g/mol. The molecule has 29 heavy (non-hydrogen) atoms. The lowest BCUT2D eigenvalue weighted by Gasteiger charge is -2.16. The number of nitrogens with zero attached hydrogens (tertiary/aromatic N) is 2. The number of nitrogens with one attached hydrogen (secondary N) is 1. The number of carbonyl (C=O) groups excluding carboxylic acids is 2. The smallest absolute Gasteiger partial charge is 0.225 e. The summed E-state index contributed by atoms with van der Waals surface area (Å²) in [6.45, 7) is 1.96. The molecule has 4 rings (SSSR count). The Balaban J connectivity index is 1.41. The van der Waals surface area contributed by atoms with E-state index in [9.17, 15) is 9.59 Å². The summed E-state index contributed by atoms with van der Waals surface area (Å²) >= 11 is 0. The predicted octanol–water partition coefficient (Wildman–Crippen LogP) is 3.04. The number of hydrogen-bond acceptors (Lipinski definition) is 3. The van der Waals surface area contributed by atoms with Crippen LogP contribution in [0.25, 0.3) is 11.1 Å². The zero-order chi connectivity index (χ0) is 20.4. The third-order valence-corrected chi connectivity index (χ3v) is 5.75. The number of carbonyl (C=O) groups is 2. The van der Waals surface area contributed by atoms with E-state index < -0.39 is 0 Å². The van der Waals surface area contributed by atoms with Gasteiger partial charge in [-0.25, -0.2) is 0 Å². The van der Waals surface area contributed by atoms with E-state index in [1.807, 2.05) is 17.0 Å². The molecule has 1 N–H and O–H groups in total. The Hall–Kier alpha value is -2.66. The van der Waals surface area contributed by atoms with E-state index in [0.717, 1.165) is 36.1 Å². The van der Waals surface area contributed by atoms with Crippen LogP contribution in [0.15, 0.2) is 48.5 Å². The number of likely N-dealkylation sites (tertiary alicyclic amines) is 1. The number of rotatable bonds is 7. The summed E-state index contributed by atoms with van der Waals surface area (Å²) in [4.78, 5) is 28.8. The Bertz CT molecular complexity index is 887. The summed E-state index contributed by atoms with van der Waals surface area (Å²) in [6, 6.07) is 17.2. The fraction of sp³-hybridized carbons (Fsp3) is 0.417. The fourth-order valence-electron chi connectivity index (χ4n) is 4.08. The molecule has 0 aromatic heterocycles. The monoisotopic (exact) mass is 391 g/mol. The molecule has 0 radical (unpaired) electrons. The average Bonchev–Trinajstić information content (AvgIpc) is 3.48. The zero-order valence-corrected chi connectivity index (χ0v) is 17.2. The lowest BCUT2D eigenvalue weighted by molar-refractivity contribution is -0.129. The van der Waals surface area contributed by atoms with Gasteiger partial charge in [-0.05, 0) is 49.2 Å². The molecule has 1 heterocycles. The van der Waals surface area contributed by atoms with E-state index in [2.05, 4.69) is 60.7 Å². The summed E-state index contributed by atoms with van der Waals surface area (Å²) in [5.74, 6) is -0.107. The highest BCUT2D eigenvalue weighted by Crippen LogP contribution is 2.32. The maximum atomic E-state index is 12.7. The van der Waals surface area contributed by atoms with Crippen LogP contribution < -0.4 is 5.32 Å². The topological polar surface area (TPSA) is 52.7 Å². The zero-order valence-electron chi connectivity index (χ0n) is 17.2. The van der Waals surface area contributed by atoms with Crippen LogP contribution in [0.5, 0.6) is 0 Å². The molecule has 1 aliphatic heterocycles. The molecule has 1 atom stereocenters. The summed E-state index contributed by atoms with van der Waals surface area (Å²) in [6.07, 6.45) is 2.51. The van der Waals surface area contributed by atoms with Gasteiger partial charge in [-0.1, -0.05) is 48.5 Å². The standard InChI is InChI=1S/C24H29N3O2/c1-26(2)15-17-7-9-18(10-8-17)22-6-4-3-5-19(22)14-25-24(29)20-13-23(28)27(16-20)21-11-12-21/h3-10,20-21H,11-16H2,1-2H3,(H,25,29)/t20-/m1/s1. The first-order valence-corrected chi connectivity index (χ1v) is 10.4. The van der Waals surface area contributed by atoms with Crippen molar-refractivity contribution in [1.29, 1.82) is 0 Å². The van der Waals surface area contributed by atoms with Crippen molar-refractivity contribution in [3.05, 3.63) is 59.7 Å². The molecule has 2 aromatic rings. The Kier molecular flexibility index (Phi) is 5.67. The predicted molar refractivity (Wildman–Crippen MR) is 114 cm³/mol. The number of benzene rings is 2. The molecule has 1 saturated heterocycles. The Labute approximate surface area is 172 Å². The molecule has 2 amide bonds. The molecule has 0 spiro atoms. The first-order valence-electron chi connectivity index (χ1n) is 10.4. The molecule has 1 saturated carbocycles. The van der Waals surface area contributed by atoms with Crippen molar-refractivity contribution < 1.29 is 9.59 Å². The summed E-state index contributed by atoms with van der Waals surface area (Å²) in [7, 11) is 4.13. The highest BCUT2D eigenvalue weighted by molar-refractivity contribution is 5.89. The van der Waals surface area contributed by atoms with Crippen LogP contribution in [0, 0.1) is 5.92 Å². The fourth-order valence-corrected chi connectivity index (χ4v) is 4.08. The summed E-state index contributed by atoms with van der Waals surface area (Å²) in [5.41, 5.74) is 4.64. The molecule has 2 aliphatic rings. The lowest BCUT2D eigenvalue weighted by atomic mass is 9.98. The van der Waals surface area contributed by atoms with Crippen molar-refractivity contribution in [2.24, 2.45) is 5.92 Å². The van der Waals surface area contributed by atoms with Crippen LogP contribution in [-0.2, 0) is 22.7 Å². The van der Waals surface area contributed by atoms with E-state index in [4.69, 9.17) is 0 Å². The normalized spacial score (nSPS) is 19.1. The van der Waals surface area contributed by atoms with Crippen molar-refractivity contribution in [3.8, 4) is 11.1 Å². The molecule has 2 fully saturated rings. The highest BCUT2D eigenvalue weighted by atomic mass is 16.2. The minimum absolute atomic E-state index is 0.0161. The van der Waals surface area contributed by atoms with E-state index in [1.165, 1.54) is 5.56 Å². The van der Waals surface area contributed by atoms with Crippen LogP contribution in [0.4, 0.5) is 0 Å². The summed E-state index contributed by atoms with van der Waals surface area (Å²) in [5, 5.41) is 3.06. The third kappa shape index (κ3) is 4.67. The van der Waals surface area contributed by atoms with Crippen LogP contribution in [0.3, 0.4) is 0 Å². The Morgan fingerprint density at radius 1 is 1.10 bits per heavy atom. The Morgan fingerprint density at radius 3 is 2.52 bits per heavy atom. The van der Waals surface area contributed by atoms with Crippen LogP contribution >= 0.6 is 0 Å². The van der Waals surface area contributed by atoms with Gasteiger partial charge in [0, 0.05) is 32.1 Å². The van der Waals surface area contributed by atoms with E-state index >= 15 is 0 Å². The molecule has 152 valence electrons. The van der Waals surface area contributed by atoms with Gasteiger partial charge in [0.05, 0.1) is 5.92 Å². The molecule has 5 heteroatoms.